The van der Waals surface area contributed by atoms with E-state index in [9.17, 15) is 0 Å². The Hall–Kier alpha value is -0.120. The van der Waals surface area contributed by atoms with Gasteiger partial charge in [0.1, 0.15) is 0 Å². The highest BCUT2D eigenvalue weighted by Crippen LogP contribution is 2.15. The third kappa shape index (κ3) is 7.34. The molecule has 1 rings (SSSR count). The second kappa shape index (κ2) is 8.89. The molecule has 1 N–H and O–H groups in total. The van der Waals surface area contributed by atoms with Crippen LogP contribution in [0, 0.1) is 11.8 Å². The Morgan fingerprint density at radius 3 is 2.72 bits per heavy atom. The highest BCUT2D eigenvalue weighted by atomic mass is 15.1. The van der Waals surface area contributed by atoms with E-state index in [0.29, 0.717) is 0 Å². The molecule has 3 nitrogen and oxygen atoms in total. The van der Waals surface area contributed by atoms with Crippen LogP contribution in [-0.4, -0.2) is 63.2 Å². The van der Waals surface area contributed by atoms with Gasteiger partial charge in [-0.25, -0.2) is 0 Å². The quantitative estimate of drug-likeness (QED) is 0.635. The lowest BCUT2D eigenvalue weighted by molar-refractivity contribution is 0.301. The largest absolute Gasteiger partial charge is 0.316 e. The van der Waals surface area contributed by atoms with Crippen molar-refractivity contribution in [3.05, 3.63) is 0 Å². The lowest BCUT2D eigenvalue weighted by atomic mass is 10.1. The second-order valence-corrected chi connectivity index (χ2v) is 6.52. The first-order chi connectivity index (χ1) is 8.58. The molecule has 0 aromatic rings. The molecule has 0 amide bonds. The van der Waals surface area contributed by atoms with Gasteiger partial charge in [0.25, 0.3) is 0 Å². The minimum atomic E-state index is 0.772. The van der Waals surface area contributed by atoms with Gasteiger partial charge < -0.3 is 15.1 Å². The third-order valence-corrected chi connectivity index (χ3v) is 3.69. The Balaban J connectivity index is 1.99. The van der Waals surface area contributed by atoms with Crippen LogP contribution in [0.25, 0.3) is 0 Å². The van der Waals surface area contributed by atoms with Crippen molar-refractivity contribution >= 4 is 0 Å². The summed E-state index contributed by atoms with van der Waals surface area (Å²) in [5.41, 5.74) is 0. The minimum Gasteiger partial charge on any atom is -0.316 e. The molecule has 0 aliphatic carbocycles. The van der Waals surface area contributed by atoms with Crippen molar-refractivity contribution in [3.63, 3.8) is 0 Å². The van der Waals surface area contributed by atoms with Crippen LogP contribution < -0.4 is 5.32 Å². The lowest BCUT2D eigenvalue weighted by Crippen LogP contribution is -2.29. The lowest BCUT2D eigenvalue weighted by Gasteiger charge is -2.17. The van der Waals surface area contributed by atoms with Gasteiger partial charge in [-0.1, -0.05) is 13.8 Å². The van der Waals surface area contributed by atoms with Gasteiger partial charge in [0.05, 0.1) is 0 Å². The topological polar surface area (TPSA) is 18.5 Å². The first kappa shape index (κ1) is 15.9. The van der Waals surface area contributed by atoms with Crippen molar-refractivity contribution < 1.29 is 0 Å². The van der Waals surface area contributed by atoms with E-state index in [2.05, 4.69) is 43.1 Å². The van der Waals surface area contributed by atoms with Crippen LogP contribution in [0.2, 0.25) is 0 Å². The number of hydrogen-bond donors (Lipinski definition) is 1. The molecular weight excluding hydrogens is 222 g/mol. The summed E-state index contributed by atoms with van der Waals surface area (Å²) in [5.74, 6) is 1.66. The standard InChI is InChI=1S/C15H33N3/c1-14(2)11-16-12-15-7-10-18(13-15)9-6-5-8-17(3)4/h14-16H,5-13H2,1-4H3. The molecule has 1 saturated heterocycles. The molecule has 18 heavy (non-hydrogen) atoms. The zero-order chi connectivity index (χ0) is 13.4. The highest BCUT2D eigenvalue weighted by molar-refractivity contribution is 4.77. The first-order valence-corrected chi connectivity index (χ1v) is 7.65. The monoisotopic (exact) mass is 255 g/mol. The summed E-state index contributed by atoms with van der Waals surface area (Å²) in [7, 11) is 4.32. The summed E-state index contributed by atoms with van der Waals surface area (Å²) in [4.78, 5) is 4.93. The molecule has 3 heteroatoms. The molecule has 1 unspecified atom stereocenters. The van der Waals surface area contributed by atoms with Crippen LogP contribution in [0.15, 0.2) is 0 Å². The SMILES string of the molecule is CC(C)CNCC1CCN(CCCCN(C)C)C1. The summed E-state index contributed by atoms with van der Waals surface area (Å²) in [6.45, 7) is 12.1. The molecular formula is C15H33N3. The maximum absolute atomic E-state index is 3.60. The first-order valence-electron chi connectivity index (χ1n) is 7.65. The zero-order valence-electron chi connectivity index (χ0n) is 12.9. The van der Waals surface area contributed by atoms with E-state index in [4.69, 9.17) is 0 Å². The second-order valence-electron chi connectivity index (χ2n) is 6.52. The molecule has 1 atom stereocenters. The number of rotatable bonds is 9. The number of unbranched alkanes of at least 4 members (excludes halogenated alkanes) is 1. The Labute approximate surface area is 114 Å². The Morgan fingerprint density at radius 2 is 2.06 bits per heavy atom. The molecule has 0 aromatic heterocycles. The van der Waals surface area contributed by atoms with Crippen molar-refractivity contribution in [1.29, 1.82) is 0 Å². The zero-order valence-corrected chi connectivity index (χ0v) is 12.9. The molecule has 0 saturated carbocycles. The Kier molecular flexibility index (Phi) is 7.87. The van der Waals surface area contributed by atoms with Crippen LogP contribution in [0.3, 0.4) is 0 Å². The molecule has 1 aliphatic heterocycles. The van der Waals surface area contributed by atoms with E-state index in [-0.39, 0.29) is 0 Å². The summed E-state index contributed by atoms with van der Waals surface area (Å²) < 4.78 is 0. The number of nitrogens with zero attached hydrogens (tertiary/aromatic N) is 2. The molecule has 0 aromatic carbocycles. The van der Waals surface area contributed by atoms with Gasteiger partial charge in [-0.05, 0) is 77.9 Å². The molecule has 108 valence electrons. The van der Waals surface area contributed by atoms with E-state index in [1.807, 2.05) is 0 Å². The fourth-order valence-electron chi connectivity index (χ4n) is 2.62. The van der Waals surface area contributed by atoms with Crippen LogP contribution in [-0.2, 0) is 0 Å². The molecule has 1 heterocycles. The molecule has 1 aliphatic rings. The maximum Gasteiger partial charge on any atom is 0.00223 e. The van der Waals surface area contributed by atoms with E-state index >= 15 is 0 Å². The highest BCUT2D eigenvalue weighted by Gasteiger charge is 2.21. The van der Waals surface area contributed by atoms with Gasteiger partial charge in [-0.2, -0.15) is 0 Å². The summed E-state index contributed by atoms with van der Waals surface area (Å²) in [6, 6.07) is 0. The van der Waals surface area contributed by atoms with Crippen LogP contribution in [0.4, 0.5) is 0 Å². The maximum atomic E-state index is 3.60. The average Bonchev–Trinajstić information content (AvgIpc) is 2.72. The van der Waals surface area contributed by atoms with E-state index in [1.165, 1.54) is 58.5 Å². The fourth-order valence-corrected chi connectivity index (χ4v) is 2.62. The number of nitrogens with one attached hydrogen (secondary N) is 1. The van der Waals surface area contributed by atoms with Crippen molar-refractivity contribution in [2.45, 2.75) is 33.1 Å². The van der Waals surface area contributed by atoms with Gasteiger partial charge in [0, 0.05) is 6.54 Å². The molecule has 1 fully saturated rings. The normalized spacial score (nSPS) is 21.3. The third-order valence-electron chi connectivity index (χ3n) is 3.69. The number of likely N-dealkylation sites (tertiary alicyclic amines) is 1. The van der Waals surface area contributed by atoms with Crippen molar-refractivity contribution in [1.82, 2.24) is 15.1 Å². The Morgan fingerprint density at radius 1 is 1.28 bits per heavy atom. The fraction of sp³-hybridized carbons (Fsp3) is 1.00. The number of hydrogen-bond acceptors (Lipinski definition) is 3. The van der Waals surface area contributed by atoms with Crippen LogP contribution in [0.5, 0.6) is 0 Å². The van der Waals surface area contributed by atoms with Crippen LogP contribution in [0.1, 0.15) is 33.1 Å². The van der Waals surface area contributed by atoms with E-state index < -0.39 is 0 Å². The Bertz CT molecular complexity index is 204. The predicted molar refractivity (Wildman–Crippen MR) is 80.0 cm³/mol. The summed E-state index contributed by atoms with van der Waals surface area (Å²) in [5, 5.41) is 3.60. The molecule has 0 radical (unpaired) electrons. The molecule has 0 bridgehead atoms. The van der Waals surface area contributed by atoms with Crippen molar-refractivity contribution in [3.8, 4) is 0 Å². The van der Waals surface area contributed by atoms with Gasteiger partial charge in [-0.3, -0.25) is 0 Å². The minimum absolute atomic E-state index is 0.772. The van der Waals surface area contributed by atoms with E-state index in [0.717, 1.165) is 11.8 Å². The van der Waals surface area contributed by atoms with Gasteiger partial charge in [-0.15, -0.1) is 0 Å². The van der Waals surface area contributed by atoms with Crippen molar-refractivity contribution in [2.24, 2.45) is 11.8 Å². The van der Waals surface area contributed by atoms with Gasteiger partial charge in [0.2, 0.25) is 0 Å². The smallest absolute Gasteiger partial charge is 0.00223 e. The van der Waals surface area contributed by atoms with Gasteiger partial charge in [0.15, 0.2) is 0 Å². The predicted octanol–water partition coefficient (Wildman–Crippen LogP) is 1.90. The van der Waals surface area contributed by atoms with Gasteiger partial charge >= 0.3 is 0 Å². The van der Waals surface area contributed by atoms with E-state index in [1.54, 1.807) is 0 Å². The molecule has 0 spiro atoms. The summed E-state index contributed by atoms with van der Waals surface area (Å²) >= 11 is 0. The summed E-state index contributed by atoms with van der Waals surface area (Å²) in [6.07, 6.45) is 4.07. The van der Waals surface area contributed by atoms with Crippen LogP contribution >= 0.6 is 0 Å². The van der Waals surface area contributed by atoms with Crippen molar-refractivity contribution in [2.75, 3.05) is 53.4 Å². The average molecular weight is 255 g/mol.